The van der Waals surface area contributed by atoms with E-state index in [-0.39, 0.29) is 16.8 Å². The first kappa shape index (κ1) is 19.2. The van der Waals surface area contributed by atoms with Gasteiger partial charge in [0.1, 0.15) is 11.8 Å². The van der Waals surface area contributed by atoms with E-state index in [9.17, 15) is 13.2 Å². The van der Waals surface area contributed by atoms with Crippen LogP contribution >= 0.6 is 0 Å². The van der Waals surface area contributed by atoms with Gasteiger partial charge in [0.05, 0.1) is 4.90 Å². The number of β-lactam (4-membered cyclic amide) rings is 1. The van der Waals surface area contributed by atoms with E-state index in [0.29, 0.717) is 5.75 Å². The lowest BCUT2D eigenvalue weighted by Crippen LogP contribution is -2.61. The second kappa shape index (κ2) is 7.37. The van der Waals surface area contributed by atoms with E-state index in [0.717, 1.165) is 16.8 Å². The third-order valence-corrected chi connectivity index (χ3v) is 6.14. The van der Waals surface area contributed by atoms with Gasteiger partial charge in [-0.25, -0.2) is 8.42 Å². The summed E-state index contributed by atoms with van der Waals surface area (Å²) in [4.78, 5) is 14.9. The molecule has 1 aliphatic rings. The summed E-state index contributed by atoms with van der Waals surface area (Å²) in [6, 6.07) is 23.2. The highest BCUT2D eigenvalue weighted by Gasteiger charge is 2.51. The number of hydrogen-bond donors (Lipinski definition) is 0. The van der Waals surface area contributed by atoms with Gasteiger partial charge in [-0.05, 0) is 48.9 Å². The number of carbonyl (C=O) groups excluding carboxylic acids is 1. The summed E-state index contributed by atoms with van der Waals surface area (Å²) in [7, 11) is -3.29. The Morgan fingerprint density at radius 2 is 1.48 bits per heavy atom. The highest BCUT2D eigenvalue weighted by molar-refractivity contribution is 7.90. The number of anilines is 1. The first-order valence-corrected chi connectivity index (χ1v) is 11.2. The fourth-order valence-electron chi connectivity index (χ4n) is 3.45. The predicted molar refractivity (Wildman–Crippen MR) is 112 cm³/mol. The van der Waals surface area contributed by atoms with Gasteiger partial charge in [-0.2, -0.15) is 0 Å². The number of rotatable bonds is 5. The van der Waals surface area contributed by atoms with Crippen molar-refractivity contribution in [3.05, 3.63) is 90.0 Å². The van der Waals surface area contributed by atoms with Crippen LogP contribution in [0.4, 0.5) is 5.69 Å². The van der Waals surface area contributed by atoms with Gasteiger partial charge in [-0.15, -0.1) is 0 Å². The molecule has 2 atom stereocenters. The second-order valence-corrected chi connectivity index (χ2v) is 9.20. The van der Waals surface area contributed by atoms with Crippen molar-refractivity contribution >= 4 is 21.4 Å². The Labute approximate surface area is 170 Å². The maximum Gasteiger partial charge on any atom is 0.271 e. The molecule has 148 valence electrons. The molecule has 3 aromatic rings. The monoisotopic (exact) mass is 407 g/mol. The number of ether oxygens (including phenoxy) is 1. The lowest BCUT2D eigenvalue weighted by atomic mass is 9.89. The van der Waals surface area contributed by atoms with Gasteiger partial charge in [0.2, 0.25) is 6.10 Å². The van der Waals surface area contributed by atoms with Crippen LogP contribution in [0.2, 0.25) is 0 Å². The fourth-order valence-corrected chi connectivity index (χ4v) is 4.08. The molecular formula is C23H21NO4S. The second-order valence-electron chi connectivity index (χ2n) is 7.18. The van der Waals surface area contributed by atoms with E-state index in [1.807, 2.05) is 61.5 Å². The zero-order chi connectivity index (χ0) is 20.6. The number of sulfone groups is 1. The molecule has 1 amide bonds. The van der Waals surface area contributed by atoms with Crippen LogP contribution < -0.4 is 9.64 Å². The van der Waals surface area contributed by atoms with Crippen molar-refractivity contribution in [2.24, 2.45) is 0 Å². The van der Waals surface area contributed by atoms with Crippen molar-refractivity contribution in [2.75, 3.05) is 11.2 Å². The zero-order valence-electron chi connectivity index (χ0n) is 16.1. The Morgan fingerprint density at radius 3 is 2.07 bits per heavy atom. The van der Waals surface area contributed by atoms with Gasteiger partial charge >= 0.3 is 0 Å². The third-order valence-electron chi connectivity index (χ3n) is 5.01. The third kappa shape index (κ3) is 3.76. The molecule has 29 heavy (non-hydrogen) atoms. The molecule has 6 heteroatoms. The predicted octanol–water partition coefficient (Wildman–Crippen LogP) is 3.93. The summed E-state index contributed by atoms with van der Waals surface area (Å²) >= 11 is 0. The van der Waals surface area contributed by atoms with Gasteiger partial charge in [0.25, 0.3) is 5.91 Å². The standard InChI is InChI=1S/C23H21NO4S/c1-16-8-12-18(13-9-16)24-21(17-10-14-20(15-11-17)29(2,26)27)22(23(24)25)28-19-6-4-3-5-7-19/h3-15,21-22H,1-2H3/t21-,22+/m1/s1. The first-order chi connectivity index (χ1) is 13.8. The number of benzene rings is 3. The fraction of sp³-hybridized carbons (Fsp3) is 0.174. The molecule has 0 aliphatic carbocycles. The van der Waals surface area contributed by atoms with E-state index in [4.69, 9.17) is 4.74 Å². The normalized spacial score (nSPS) is 19.0. The van der Waals surface area contributed by atoms with E-state index in [1.165, 1.54) is 6.26 Å². The number of nitrogens with zero attached hydrogens (tertiary/aromatic N) is 1. The average molecular weight is 407 g/mol. The molecular weight excluding hydrogens is 386 g/mol. The van der Waals surface area contributed by atoms with Crippen LogP contribution in [0.1, 0.15) is 17.2 Å². The molecule has 1 heterocycles. The van der Waals surface area contributed by atoms with Crippen LogP contribution in [0.25, 0.3) is 0 Å². The van der Waals surface area contributed by atoms with Gasteiger partial charge in [-0.1, -0.05) is 48.0 Å². The summed E-state index contributed by atoms with van der Waals surface area (Å²) in [5, 5.41) is 0. The van der Waals surface area contributed by atoms with Crippen LogP contribution in [-0.2, 0) is 14.6 Å². The van der Waals surface area contributed by atoms with Crippen molar-refractivity contribution in [3.8, 4) is 5.75 Å². The molecule has 1 fully saturated rings. The molecule has 1 aliphatic heterocycles. The quantitative estimate of drug-likeness (QED) is 0.601. The lowest BCUT2D eigenvalue weighted by molar-refractivity contribution is -0.135. The minimum atomic E-state index is -3.29. The molecule has 0 radical (unpaired) electrons. The lowest BCUT2D eigenvalue weighted by Gasteiger charge is -2.46. The number of amides is 1. The van der Waals surface area contributed by atoms with Crippen LogP contribution in [0.5, 0.6) is 5.75 Å². The number of hydrogen-bond acceptors (Lipinski definition) is 4. The van der Waals surface area contributed by atoms with E-state index in [2.05, 4.69) is 0 Å². The molecule has 4 rings (SSSR count). The van der Waals surface area contributed by atoms with Gasteiger partial charge in [0, 0.05) is 11.9 Å². The molecule has 0 unspecified atom stereocenters. The Kier molecular flexibility index (Phi) is 4.88. The molecule has 5 nitrogen and oxygen atoms in total. The van der Waals surface area contributed by atoms with Crippen molar-refractivity contribution in [1.29, 1.82) is 0 Å². The molecule has 0 spiro atoms. The minimum Gasteiger partial charge on any atom is -0.478 e. The van der Waals surface area contributed by atoms with E-state index < -0.39 is 15.9 Å². The maximum atomic E-state index is 13.0. The summed E-state index contributed by atoms with van der Waals surface area (Å²) in [6.07, 6.45) is 0.497. The van der Waals surface area contributed by atoms with E-state index >= 15 is 0 Å². The smallest absolute Gasteiger partial charge is 0.271 e. The highest BCUT2D eigenvalue weighted by atomic mass is 32.2. The van der Waals surface area contributed by atoms with Gasteiger partial charge in [0.15, 0.2) is 9.84 Å². The van der Waals surface area contributed by atoms with Gasteiger partial charge < -0.3 is 4.74 Å². The average Bonchev–Trinajstić information content (AvgIpc) is 2.71. The first-order valence-electron chi connectivity index (χ1n) is 9.26. The van der Waals surface area contributed by atoms with Gasteiger partial charge in [-0.3, -0.25) is 9.69 Å². The molecule has 1 saturated heterocycles. The Morgan fingerprint density at radius 1 is 0.862 bits per heavy atom. The molecule has 3 aromatic carbocycles. The van der Waals surface area contributed by atoms with Crippen molar-refractivity contribution in [3.63, 3.8) is 0 Å². The highest BCUT2D eigenvalue weighted by Crippen LogP contribution is 2.41. The molecule has 0 aromatic heterocycles. The number of para-hydroxylation sites is 1. The topological polar surface area (TPSA) is 63.7 Å². The largest absolute Gasteiger partial charge is 0.478 e. The minimum absolute atomic E-state index is 0.130. The van der Waals surface area contributed by atoms with E-state index in [1.54, 1.807) is 29.2 Å². The molecule has 0 bridgehead atoms. The Hall–Kier alpha value is -3.12. The number of aryl methyl sites for hydroxylation is 1. The van der Waals surface area contributed by atoms with Crippen LogP contribution in [0.15, 0.2) is 83.8 Å². The van der Waals surface area contributed by atoms with Crippen molar-refractivity contribution in [2.45, 2.75) is 24.0 Å². The van der Waals surface area contributed by atoms with Crippen LogP contribution in [0.3, 0.4) is 0 Å². The zero-order valence-corrected chi connectivity index (χ0v) is 17.0. The number of carbonyl (C=O) groups is 1. The van der Waals surface area contributed by atoms with Crippen LogP contribution in [0, 0.1) is 6.92 Å². The molecule has 0 saturated carbocycles. The summed E-state index contributed by atoms with van der Waals surface area (Å²) < 4.78 is 29.6. The Balaban J connectivity index is 1.70. The van der Waals surface area contributed by atoms with Crippen molar-refractivity contribution in [1.82, 2.24) is 0 Å². The summed E-state index contributed by atoms with van der Waals surface area (Å²) in [6.45, 7) is 1.99. The van der Waals surface area contributed by atoms with Crippen LogP contribution in [-0.4, -0.2) is 26.7 Å². The SMILES string of the molecule is Cc1ccc(N2C(=O)[C@@H](Oc3ccccc3)[C@H]2c2ccc(S(C)(=O)=O)cc2)cc1. The summed E-state index contributed by atoms with van der Waals surface area (Å²) in [5.41, 5.74) is 2.71. The Bertz CT molecular complexity index is 1120. The molecule has 0 N–H and O–H groups in total. The van der Waals surface area contributed by atoms with Crippen molar-refractivity contribution < 1.29 is 17.9 Å². The maximum absolute atomic E-state index is 13.0. The summed E-state index contributed by atoms with van der Waals surface area (Å²) in [5.74, 6) is 0.488.